The van der Waals surface area contributed by atoms with Crippen molar-refractivity contribution in [2.75, 3.05) is 6.61 Å². The van der Waals surface area contributed by atoms with Crippen molar-refractivity contribution in [2.24, 2.45) is 0 Å². The predicted molar refractivity (Wildman–Crippen MR) is 53.8 cm³/mol. The van der Waals surface area contributed by atoms with Crippen molar-refractivity contribution in [3.63, 3.8) is 0 Å². The standard InChI is InChI=1S/C10H9F3N2O3/c11-10(12,13)7-4-8(17)15(2-1-3-16)9(18)6(7)5-14/h4,16,18H,1-3H2. The fourth-order valence-corrected chi connectivity index (χ4v) is 1.41. The molecule has 8 heteroatoms. The Morgan fingerprint density at radius 1 is 1.44 bits per heavy atom. The van der Waals surface area contributed by atoms with E-state index in [1.807, 2.05) is 0 Å². The van der Waals surface area contributed by atoms with Crippen LogP contribution in [-0.2, 0) is 12.7 Å². The quantitative estimate of drug-likeness (QED) is 0.844. The van der Waals surface area contributed by atoms with E-state index in [-0.39, 0.29) is 25.6 Å². The van der Waals surface area contributed by atoms with Crippen LogP contribution in [0.3, 0.4) is 0 Å². The van der Waals surface area contributed by atoms with Crippen LogP contribution in [-0.4, -0.2) is 21.4 Å². The van der Waals surface area contributed by atoms with E-state index < -0.39 is 28.7 Å². The second-order valence-electron chi connectivity index (χ2n) is 3.43. The summed E-state index contributed by atoms with van der Waals surface area (Å²) >= 11 is 0. The Balaban J connectivity index is 3.47. The van der Waals surface area contributed by atoms with Crippen molar-refractivity contribution in [1.29, 1.82) is 5.26 Å². The van der Waals surface area contributed by atoms with Crippen LogP contribution in [0, 0.1) is 11.3 Å². The molecule has 18 heavy (non-hydrogen) atoms. The van der Waals surface area contributed by atoms with Gasteiger partial charge in [0.2, 0.25) is 5.88 Å². The zero-order chi connectivity index (χ0) is 13.9. The highest BCUT2D eigenvalue weighted by Crippen LogP contribution is 2.33. The zero-order valence-electron chi connectivity index (χ0n) is 9.03. The van der Waals surface area contributed by atoms with Gasteiger partial charge in [-0.3, -0.25) is 9.36 Å². The Morgan fingerprint density at radius 2 is 2.06 bits per heavy atom. The molecule has 2 N–H and O–H groups in total. The summed E-state index contributed by atoms with van der Waals surface area (Å²) in [6.45, 7) is -0.469. The number of aromatic nitrogens is 1. The lowest BCUT2D eigenvalue weighted by molar-refractivity contribution is -0.138. The summed E-state index contributed by atoms with van der Waals surface area (Å²) in [6, 6.07) is 1.48. The molecule has 1 rings (SSSR count). The molecule has 0 aliphatic carbocycles. The molecule has 0 saturated carbocycles. The molecule has 0 unspecified atom stereocenters. The Hall–Kier alpha value is -2.01. The molecule has 0 spiro atoms. The van der Waals surface area contributed by atoms with Crippen LogP contribution in [0.15, 0.2) is 10.9 Å². The van der Waals surface area contributed by atoms with E-state index in [0.29, 0.717) is 4.57 Å². The molecule has 0 aromatic carbocycles. The van der Waals surface area contributed by atoms with Gasteiger partial charge in [0.05, 0.1) is 5.56 Å². The fourth-order valence-electron chi connectivity index (χ4n) is 1.41. The van der Waals surface area contributed by atoms with Gasteiger partial charge in [-0.1, -0.05) is 0 Å². The normalized spacial score (nSPS) is 11.3. The zero-order valence-corrected chi connectivity index (χ0v) is 9.03. The van der Waals surface area contributed by atoms with Gasteiger partial charge in [-0.25, -0.2) is 0 Å². The Labute approximate surface area is 99.3 Å². The van der Waals surface area contributed by atoms with E-state index in [1.165, 1.54) is 6.07 Å². The third-order valence-electron chi connectivity index (χ3n) is 2.24. The highest BCUT2D eigenvalue weighted by Gasteiger charge is 2.36. The minimum atomic E-state index is -4.89. The van der Waals surface area contributed by atoms with Gasteiger partial charge in [-0.15, -0.1) is 0 Å². The van der Waals surface area contributed by atoms with Crippen LogP contribution in [0.25, 0.3) is 0 Å². The van der Waals surface area contributed by atoms with Crippen LogP contribution in [0.2, 0.25) is 0 Å². The number of pyridine rings is 1. The topological polar surface area (TPSA) is 86.2 Å². The van der Waals surface area contributed by atoms with E-state index >= 15 is 0 Å². The van der Waals surface area contributed by atoms with Gasteiger partial charge in [0.25, 0.3) is 5.56 Å². The van der Waals surface area contributed by atoms with Crippen LogP contribution in [0.5, 0.6) is 5.88 Å². The van der Waals surface area contributed by atoms with Crippen molar-refractivity contribution >= 4 is 0 Å². The van der Waals surface area contributed by atoms with Crippen LogP contribution >= 0.6 is 0 Å². The number of halogens is 3. The first-order valence-electron chi connectivity index (χ1n) is 4.88. The SMILES string of the molecule is N#Cc1c(C(F)(F)F)cc(=O)n(CCCO)c1O. The van der Waals surface area contributed by atoms with E-state index in [0.717, 1.165) is 0 Å². The second-order valence-corrected chi connectivity index (χ2v) is 3.43. The van der Waals surface area contributed by atoms with E-state index in [2.05, 4.69) is 0 Å². The van der Waals surface area contributed by atoms with Gasteiger partial charge in [0, 0.05) is 19.2 Å². The summed E-state index contributed by atoms with van der Waals surface area (Å²) in [5, 5.41) is 26.7. The molecule has 5 nitrogen and oxygen atoms in total. The minimum Gasteiger partial charge on any atom is -0.493 e. The van der Waals surface area contributed by atoms with E-state index in [1.54, 1.807) is 0 Å². The van der Waals surface area contributed by atoms with Crippen molar-refractivity contribution in [3.8, 4) is 11.9 Å². The number of nitrogens with zero attached hydrogens (tertiary/aromatic N) is 2. The number of hydrogen-bond acceptors (Lipinski definition) is 4. The summed E-state index contributed by atoms with van der Waals surface area (Å²) in [4.78, 5) is 11.4. The molecule has 1 aromatic rings. The molecular weight excluding hydrogens is 253 g/mol. The van der Waals surface area contributed by atoms with Crippen molar-refractivity contribution in [1.82, 2.24) is 4.57 Å². The first-order chi connectivity index (χ1) is 8.32. The molecule has 0 amide bonds. The lowest BCUT2D eigenvalue weighted by Crippen LogP contribution is -2.24. The van der Waals surface area contributed by atoms with Gasteiger partial charge in [0.15, 0.2) is 0 Å². The van der Waals surface area contributed by atoms with Gasteiger partial charge in [-0.2, -0.15) is 18.4 Å². The highest BCUT2D eigenvalue weighted by atomic mass is 19.4. The number of rotatable bonds is 3. The van der Waals surface area contributed by atoms with Gasteiger partial charge >= 0.3 is 6.18 Å². The smallest absolute Gasteiger partial charge is 0.418 e. The number of hydrogen-bond donors (Lipinski definition) is 2. The minimum absolute atomic E-state index is 0.0731. The fraction of sp³-hybridized carbons (Fsp3) is 0.400. The van der Waals surface area contributed by atoms with E-state index in [4.69, 9.17) is 10.4 Å². The average molecular weight is 262 g/mol. The summed E-state index contributed by atoms with van der Waals surface area (Å²) in [5.74, 6) is -1.04. The summed E-state index contributed by atoms with van der Waals surface area (Å²) < 4.78 is 38.2. The molecule has 1 aromatic heterocycles. The molecule has 0 radical (unpaired) electrons. The van der Waals surface area contributed by atoms with Crippen LogP contribution in [0.1, 0.15) is 17.5 Å². The van der Waals surface area contributed by atoms with Crippen molar-refractivity contribution < 1.29 is 23.4 Å². The largest absolute Gasteiger partial charge is 0.493 e. The van der Waals surface area contributed by atoms with E-state index in [9.17, 15) is 23.1 Å². The maximum Gasteiger partial charge on any atom is 0.418 e. The number of alkyl halides is 3. The summed E-state index contributed by atoms with van der Waals surface area (Å²) in [6.07, 6.45) is -4.82. The monoisotopic (exact) mass is 262 g/mol. The molecular formula is C10H9F3N2O3. The Bertz CT molecular complexity index is 543. The second kappa shape index (κ2) is 5.10. The maximum absolute atomic E-state index is 12.5. The number of aliphatic hydroxyl groups is 1. The average Bonchev–Trinajstić information content (AvgIpc) is 2.27. The Morgan fingerprint density at radius 3 is 2.50 bits per heavy atom. The number of nitriles is 1. The lowest BCUT2D eigenvalue weighted by atomic mass is 10.1. The molecule has 1 heterocycles. The molecule has 0 fully saturated rings. The summed E-state index contributed by atoms with van der Waals surface area (Å²) in [7, 11) is 0. The Kier molecular flexibility index (Phi) is 3.98. The third-order valence-corrected chi connectivity index (χ3v) is 2.24. The third kappa shape index (κ3) is 2.62. The molecule has 0 aliphatic rings. The maximum atomic E-state index is 12.5. The molecule has 0 aliphatic heterocycles. The highest BCUT2D eigenvalue weighted by molar-refractivity contribution is 5.46. The first kappa shape index (κ1) is 14.1. The predicted octanol–water partition coefficient (Wildman–Crippen LogP) is 0.827. The number of aliphatic hydroxyl groups excluding tert-OH is 1. The van der Waals surface area contributed by atoms with Gasteiger partial charge < -0.3 is 10.2 Å². The van der Waals surface area contributed by atoms with Crippen LogP contribution in [0.4, 0.5) is 13.2 Å². The number of aromatic hydroxyl groups is 1. The van der Waals surface area contributed by atoms with Gasteiger partial charge in [-0.05, 0) is 6.42 Å². The van der Waals surface area contributed by atoms with Gasteiger partial charge in [0.1, 0.15) is 11.6 Å². The molecule has 0 saturated heterocycles. The first-order valence-corrected chi connectivity index (χ1v) is 4.88. The molecule has 0 atom stereocenters. The van der Waals surface area contributed by atoms with Crippen LogP contribution < -0.4 is 5.56 Å². The summed E-state index contributed by atoms with van der Waals surface area (Å²) in [5.41, 5.74) is -3.54. The lowest BCUT2D eigenvalue weighted by Gasteiger charge is -2.13. The van der Waals surface area contributed by atoms with Crippen molar-refractivity contribution in [2.45, 2.75) is 19.1 Å². The van der Waals surface area contributed by atoms with Crippen molar-refractivity contribution in [3.05, 3.63) is 27.5 Å². The molecule has 98 valence electrons. The molecule has 0 bridgehead atoms.